The Balaban J connectivity index is 2.40. The zero-order valence-corrected chi connectivity index (χ0v) is 7.01. The van der Waals surface area contributed by atoms with E-state index in [9.17, 15) is 4.79 Å². The van der Waals surface area contributed by atoms with Crippen LogP contribution in [-0.2, 0) is 16.1 Å². The van der Waals surface area contributed by atoms with E-state index in [1.54, 1.807) is 0 Å². The Hall–Kier alpha value is -1.39. The number of aliphatic hydroxyl groups is 1. The van der Waals surface area contributed by atoms with Crippen LogP contribution in [0.3, 0.4) is 0 Å². The summed E-state index contributed by atoms with van der Waals surface area (Å²) in [6, 6.07) is 9.17. The summed E-state index contributed by atoms with van der Waals surface area (Å²) < 4.78 is 4.68. The van der Waals surface area contributed by atoms with E-state index in [1.165, 1.54) is 0 Å². The Morgan fingerprint density at radius 2 is 2.08 bits per heavy atom. The molecule has 0 bridgehead atoms. The lowest BCUT2D eigenvalue weighted by molar-refractivity contribution is -0.154. The third-order valence-corrected chi connectivity index (χ3v) is 1.47. The topological polar surface area (TPSA) is 72.5 Å². The third-order valence-electron chi connectivity index (χ3n) is 1.47. The molecular weight excluding hydrogens is 170 g/mol. The summed E-state index contributed by atoms with van der Waals surface area (Å²) in [6.45, 7) is 0.133. The normalized spacial score (nSPS) is 12.2. The van der Waals surface area contributed by atoms with E-state index in [0.717, 1.165) is 5.56 Å². The van der Waals surface area contributed by atoms with E-state index in [4.69, 9.17) is 10.8 Å². The Labute approximate surface area is 75.9 Å². The molecule has 3 N–H and O–H groups in total. The number of hydrogen-bond donors (Lipinski definition) is 2. The number of aliphatic hydroxyl groups excluding tert-OH is 1. The van der Waals surface area contributed by atoms with E-state index in [-0.39, 0.29) is 6.61 Å². The summed E-state index contributed by atoms with van der Waals surface area (Å²) in [5, 5.41) is 8.60. The van der Waals surface area contributed by atoms with Crippen LogP contribution < -0.4 is 5.73 Å². The predicted octanol–water partition coefficient (Wildman–Crippen LogP) is 0.00690. The molecule has 0 aliphatic heterocycles. The molecule has 0 aromatic heterocycles. The van der Waals surface area contributed by atoms with Gasteiger partial charge in [0, 0.05) is 0 Å². The largest absolute Gasteiger partial charge is 0.458 e. The van der Waals surface area contributed by atoms with Gasteiger partial charge >= 0.3 is 5.97 Å². The first-order valence-electron chi connectivity index (χ1n) is 3.84. The van der Waals surface area contributed by atoms with Crippen molar-refractivity contribution in [3.05, 3.63) is 35.9 Å². The molecule has 0 heterocycles. The number of nitrogens with two attached hydrogens (primary N) is 1. The first-order chi connectivity index (χ1) is 6.20. The minimum Gasteiger partial charge on any atom is -0.458 e. The van der Waals surface area contributed by atoms with Gasteiger partial charge in [0.1, 0.15) is 6.61 Å². The molecule has 0 spiro atoms. The van der Waals surface area contributed by atoms with Gasteiger partial charge in [-0.25, -0.2) is 4.79 Å². The number of carbonyl (C=O) groups is 1. The van der Waals surface area contributed by atoms with Crippen molar-refractivity contribution < 1.29 is 14.6 Å². The summed E-state index contributed by atoms with van der Waals surface area (Å²) in [6.07, 6.45) is -1.55. The number of rotatable bonds is 3. The van der Waals surface area contributed by atoms with Gasteiger partial charge < -0.3 is 9.84 Å². The van der Waals surface area contributed by atoms with Crippen molar-refractivity contribution in [3.8, 4) is 0 Å². The van der Waals surface area contributed by atoms with Gasteiger partial charge in [-0.05, 0) is 5.56 Å². The maximum absolute atomic E-state index is 10.7. The molecule has 0 saturated carbocycles. The van der Waals surface area contributed by atoms with Crippen LogP contribution >= 0.6 is 0 Å². The Morgan fingerprint density at radius 1 is 1.46 bits per heavy atom. The van der Waals surface area contributed by atoms with Crippen molar-refractivity contribution in [2.75, 3.05) is 0 Å². The molecule has 0 radical (unpaired) electrons. The fourth-order valence-corrected chi connectivity index (χ4v) is 0.814. The highest BCUT2D eigenvalue weighted by molar-refractivity contribution is 5.73. The van der Waals surface area contributed by atoms with Gasteiger partial charge in [0.15, 0.2) is 0 Å². The minimum absolute atomic E-state index is 0.133. The highest BCUT2D eigenvalue weighted by atomic mass is 16.5. The van der Waals surface area contributed by atoms with E-state index >= 15 is 0 Å². The molecule has 0 unspecified atom stereocenters. The van der Waals surface area contributed by atoms with Gasteiger partial charge in [0.05, 0.1) is 0 Å². The first kappa shape index (κ1) is 9.70. The van der Waals surface area contributed by atoms with Crippen molar-refractivity contribution in [2.24, 2.45) is 5.73 Å². The zero-order chi connectivity index (χ0) is 9.68. The van der Waals surface area contributed by atoms with Crippen molar-refractivity contribution in [1.29, 1.82) is 0 Å². The molecule has 4 heteroatoms. The molecule has 0 aliphatic carbocycles. The molecule has 4 nitrogen and oxygen atoms in total. The molecule has 1 atom stereocenters. The molecule has 1 aromatic rings. The third kappa shape index (κ3) is 3.23. The van der Waals surface area contributed by atoms with Gasteiger partial charge in [0.25, 0.3) is 0 Å². The number of ether oxygens (including phenoxy) is 1. The van der Waals surface area contributed by atoms with Crippen LogP contribution in [0.4, 0.5) is 0 Å². The number of benzene rings is 1. The van der Waals surface area contributed by atoms with Gasteiger partial charge in [-0.2, -0.15) is 0 Å². The molecule has 0 aliphatic rings. The molecular formula is C9H11NO3. The fraction of sp³-hybridized carbons (Fsp3) is 0.222. The number of esters is 1. The molecule has 1 aromatic carbocycles. The van der Waals surface area contributed by atoms with Crippen LogP contribution in [0.2, 0.25) is 0 Å². The second-order valence-electron chi connectivity index (χ2n) is 2.54. The monoisotopic (exact) mass is 181 g/mol. The number of carbonyl (C=O) groups excluding carboxylic acids is 1. The van der Waals surface area contributed by atoms with E-state index < -0.39 is 12.2 Å². The smallest absolute Gasteiger partial charge is 0.350 e. The lowest BCUT2D eigenvalue weighted by atomic mass is 10.2. The van der Waals surface area contributed by atoms with Gasteiger partial charge in [-0.3, -0.25) is 5.73 Å². The van der Waals surface area contributed by atoms with Crippen molar-refractivity contribution in [1.82, 2.24) is 0 Å². The Morgan fingerprint density at radius 3 is 2.62 bits per heavy atom. The minimum atomic E-state index is -1.55. The van der Waals surface area contributed by atoms with E-state index in [0.29, 0.717) is 0 Å². The maximum Gasteiger partial charge on any atom is 0.350 e. The average molecular weight is 181 g/mol. The summed E-state index contributed by atoms with van der Waals surface area (Å²) in [5.74, 6) is -0.816. The summed E-state index contributed by atoms with van der Waals surface area (Å²) >= 11 is 0. The molecule has 0 amide bonds. The Bertz CT molecular complexity index is 271. The van der Waals surface area contributed by atoms with Crippen molar-refractivity contribution in [3.63, 3.8) is 0 Å². The molecule has 0 saturated heterocycles. The summed E-state index contributed by atoms with van der Waals surface area (Å²) in [4.78, 5) is 10.7. The molecule has 1 rings (SSSR count). The highest BCUT2D eigenvalue weighted by Gasteiger charge is 2.09. The second kappa shape index (κ2) is 4.59. The van der Waals surface area contributed by atoms with Crippen LogP contribution in [-0.4, -0.2) is 17.3 Å². The predicted molar refractivity (Wildman–Crippen MR) is 46.4 cm³/mol. The highest BCUT2D eigenvalue weighted by Crippen LogP contribution is 2.00. The maximum atomic E-state index is 10.7. The Kier molecular flexibility index (Phi) is 3.42. The zero-order valence-electron chi connectivity index (χ0n) is 7.01. The average Bonchev–Trinajstić information content (AvgIpc) is 2.15. The quantitative estimate of drug-likeness (QED) is 0.509. The van der Waals surface area contributed by atoms with Crippen LogP contribution in [0, 0.1) is 0 Å². The van der Waals surface area contributed by atoms with Crippen LogP contribution in [0.25, 0.3) is 0 Å². The van der Waals surface area contributed by atoms with Gasteiger partial charge in [-0.1, -0.05) is 30.3 Å². The van der Waals surface area contributed by atoms with Crippen LogP contribution in [0.15, 0.2) is 30.3 Å². The van der Waals surface area contributed by atoms with E-state index in [2.05, 4.69) is 4.74 Å². The molecule has 70 valence electrons. The van der Waals surface area contributed by atoms with Crippen LogP contribution in [0.5, 0.6) is 0 Å². The van der Waals surface area contributed by atoms with Gasteiger partial charge in [-0.15, -0.1) is 0 Å². The fourth-order valence-electron chi connectivity index (χ4n) is 0.814. The first-order valence-corrected chi connectivity index (χ1v) is 3.84. The van der Waals surface area contributed by atoms with Crippen molar-refractivity contribution >= 4 is 5.97 Å². The summed E-state index contributed by atoms with van der Waals surface area (Å²) in [5.41, 5.74) is 5.74. The number of hydrogen-bond acceptors (Lipinski definition) is 4. The van der Waals surface area contributed by atoms with Gasteiger partial charge in [0.2, 0.25) is 6.23 Å². The lowest BCUT2D eigenvalue weighted by Crippen LogP contribution is -2.31. The lowest BCUT2D eigenvalue weighted by Gasteiger charge is -2.05. The van der Waals surface area contributed by atoms with Crippen molar-refractivity contribution in [2.45, 2.75) is 12.8 Å². The summed E-state index contributed by atoms with van der Waals surface area (Å²) in [7, 11) is 0. The van der Waals surface area contributed by atoms with Crippen LogP contribution in [0.1, 0.15) is 5.56 Å². The van der Waals surface area contributed by atoms with E-state index in [1.807, 2.05) is 30.3 Å². The second-order valence-corrected chi connectivity index (χ2v) is 2.54. The standard InChI is InChI=1S/C9H11NO3/c10-8(11)9(12)13-6-7-4-2-1-3-5-7/h1-5,8,11H,6,10H2/t8-/m1/s1. The SMILES string of the molecule is N[C@H](O)C(=O)OCc1ccccc1. The molecule has 13 heavy (non-hydrogen) atoms. The molecule has 0 fully saturated rings.